The van der Waals surface area contributed by atoms with E-state index in [1.807, 2.05) is 20.8 Å². The maximum absolute atomic E-state index is 9.72. The first-order valence-electron chi connectivity index (χ1n) is 5.37. The third-order valence-electron chi connectivity index (χ3n) is 2.94. The summed E-state index contributed by atoms with van der Waals surface area (Å²) in [6.07, 6.45) is 0. The Labute approximate surface area is 99.3 Å². The van der Waals surface area contributed by atoms with E-state index in [4.69, 9.17) is 10.3 Å². The molecule has 2 rings (SSSR count). The van der Waals surface area contributed by atoms with Crippen LogP contribution in [0, 0.1) is 20.8 Å². The standard InChI is InChI=1S/C12H15N3O2/c1-6-4-9(16)7(2)8(3)11(6)12-14-10(5-13)17-15-12/h4,16H,5,13H2,1-3H3. The monoisotopic (exact) mass is 233 g/mol. The summed E-state index contributed by atoms with van der Waals surface area (Å²) >= 11 is 0. The van der Waals surface area contributed by atoms with Crippen LogP contribution in [0.5, 0.6) is 5.75 Å². The molecule has 1 aromatic heterocycles. The van der Waals surface area contributed by atoms with Gasteiger partial charge in [-0.3, -0.25) is 0 Å². The first-order valence-corrected chi connectivity index (χ1v) is 5.37. The fraction of sp³-hybridized carbons (Fsp3) is 0.333. The lowest BCUT2D eigenvalue weighted by molar-refractivity contribution is 0.380. The molecular weight excluding hydrogens is 218 g/mol. The van der Waals surface area contributed by atoms with E-state index in [-0.39, 0.29) is 12.3 Å². The fourth-order valence-corrected chi connectivity index (χ4v) is 1.84. The summed E-state index contributed by atoms with van der Waals surface area (Å²) in [5.74, 6) is 1.21. The van der Waals surface area contributed by atoms with Crippen molar-refractivity contribution in [3.63, 3.8) is 0 Å². The molecule has 0 unspecified atom stereocenters. The summed E-state index contributed by atoms with van der Waals surface area (Å²) in [7, 11) is 0. The number of hydrogen-bond acceptors (Lipinski definition) is 5. The van der Waals surface area contributed by atoms with Crippen LogP contribution in [0.15, 0.2) is 10.6 Å². The molecule has 0 saturated heterocycles. The molecule has 0 aliphatic carbocycles. The second-order valence-electron chi connectivity index (χ2n) is 4.05. The normalized spacial score (nSPS) is 10.8. The van der Waals surface area contributed by atoms with Crippen molar-refractivity contribution < 1.29 is 9.63 Å². The van der Waals surface area contributed by atoms with Crippen LogP contribution in [0.1, 0.15) is 22.6 Å². The zero-order valence-corrected chi connectivity index (χ0v) is 10.1. The number of phenolic OH excluding ortho intramolecular Hbond substituents is 1. The Morgan fingerprint density at radius 1 is 1.29 bits per heavy atom. The first-order chi connectivity index (χ1) is 8.04. The summed E-state index contributed by atoms with van der Waals surface area (Å²) < 4.78 is 5.00. The summed E-state index contributed by atoms with van der Waals surface area (Å²) in [5, 5.41) is 13.6. The molecule has 0 spiro atoms. The maximum atomic E-state index is 9.72. The number of hydrogen-bond donors (Lipinski definition) is 2. The molecule has 1 heterocycles. The van der Waals surface area contributed by atoms with Crippen LogP contribution in [-0.2, 0) is 6.54 Å². The quantitative estimate of drug-likeness (QED) is 0.826. The minimum atomic E-state index is 0.224. The molecule has 0 atom stereocenters. The number of phenols is 1. The predicted molar refractivity (Wildman–Crippen MR) is 63.5 cm³/mol. The molecule has 90 valence electrons. The Morgan fingerprint density at radius 2 is 2.00 bits per heavy atom. The van der Waals surface area contributed by atoms with E-state index >= 15 is 0 Å². The molecule has 0 radical (unpaired) electrons. The average molecular weight is 233 g/mol. The zero-order chi connectivity index (χ0) is 12.6. The summed E-state index contributed by atoms with van der Waals surface area (Å²) in [6.45, 7) is 5.91. The number of aromatic hydroxyl groups is 1. The lowest BCUT2D eigenvalue weighted by Crippen LogP contribution is -1.97. The molecule has 0 fully saturated rings. The number of benzene rings is 1. The van der Waals surface area contributed by atoms with Crippen molar-refractivity contribution in [2.45, 2.75) is 27.3 Å². The molecular formula is C12H15N3O2. The Bertz CT molecular complexity index is 561. The highest BCUT2D eigenvalue weighted by atomic mass is 16.5. The van der Waals surface area contributed by atoms with Crippen molar-refractivity contribution in [3.05, 3.63) is 28.6 Å². The first kappa shape index (κ1) is 11.6. The van der Waals surface area contributed by atoms with Gasteiger partial charge in [0, 0.05) is 5.56 Å². The highest BCUT2D eigenvalue weighted by Gasteiger charge is 2.16. The van der Waals surface area contributed by atoms with Gasteiger partial charge in [-0.2, -0.15) is 4.98 Å². The van der Waals surface area contributed by atoms with Crippen LogP contribution < -0.4 is 5.73 Å². The van der Waals surface area contributed by atoms with Crippen molar-refractivity contribution in [1.82, 2.24) is 10.1 Å². The minimum Gasteiger partial charge on any atom is -0.508 e. The largest absolute Gasteiger partial charge is 0.508 e. The van der Waals surface area contributed by atoms with Crippen molar-refractivity contribution >= 4 is 0 Å². The number of nitrogens with two attached hydrogens (primary N) is 1. The van der Waals surface area contributed by atoms with Crippen molar-refractivity contribution in [1.29, 1.82) is 0 Å². The maximum Gasteiger partial charge on any atom is 0.240 e. The number of rotatable bonds is 2. The Morgan fingerprint density at radius 3 is 2.59 bits per heavy atom. The predicted octanol–water partition coefficient (Wildman–Crippen LogP) is 1.83. The molecule has 0 bridgehead atoms. The summed E-state index contributed by atoms with van der Waals surface area (Å²) in [4.78, 5) is 4.21. The van der Waals surface area contributed by atoms with Gasteiger partial charge in [0.2, 0.25) is 11.7 Å². The zero-order valence-electron chi connectivity index (χ0n) is 10.1. The number of nitrogens with zero attached hydrogens (tertiary/aromatic N) is 2. The molecule has 0 saturated carbocycles. The van der Waals surface area contributed by atoms with Gasteiger partial charge >= 0.3 is 0 Å². The molecule has 0 aliphatic rings. The smallest absolute Gasteiger partial charge is 0.240 e. The second-order valence-corrected chi connectivity index (χ2v) is 4.05. The van der Waals surface area contributed by atoms with Gasteiger partial charge < -0.3 is 15.4 Å². The van der Waals surface area contributed by atoms with Gasteiger partial charge in [0.1, 0.15) is 5.75 Å². The highest BCUT2D eigenvalue weighted by molar-refractivity contribution is 5.68. The van der Waals surface area contributed by atoms with E-state index in [9.17, 15) is 5.11 Å². The highest BCUT2D eigenvalue weighted by Crippen LogP contribution is 2.32. The lowest BCUT2D eigenvalue weighted by Gasteiger charge is -2.10. The molecule has 3 N–H and O–H groups in total. The van der Waals surface area contributed by atoms with Crippen LogP contribution in [-0.4, -0.2) is 15.2 Å². The molecule has 1 aromatic carbocycles. The van der Waals surface area contributed by atoms with Crippen molar-refractivity contribution in [2.24, 2.45) is 5.73 Å². The van der Waals surface area contributed by atoms with Gasteiger partial charge in [-0.15, -0.1) is 0 Å². The van der Waals surface area contributed by atoms with Crippen LogP contribution >= 0.6 is 0 Å². The van der Waals surface area contributed by atoms with E-state index in [2.05, 4.69) is 10.1 Å². The van der Waals surface area contributed by atoms with Crippen LogP contribution in [0.4, 0.5) is 0 Å². The van der Waals surface area contributed by atoms with Gasteiger partial charge in [-0.25, -0.2) is 0 Å². The van der Waals surface area contributed by atoms with E-state index in [1.165, 1.54) is 0 Å². The van der Waals surface area contributed by atoms with Crippen LogP contribution in [0.3, 0.4) is 0 Å². The second kappa shape index (κ2) is 4.18. The van der Waals surface area contributed by atoms with E-state index < -0.39 is 0 Å². The Kier molecular flexibility index (Phi) is 2.85. The fourth-order valence-electron chi connectivity index (χ4n) is 1.84. The van der Waals surface area contributed by atoms with E-state index in [0.717, 1.165) is 22.3 Å². The molecule has 0 amide bonds. The Hall–Kier alpha value is -1.88. The minimum absolute atomic E-state index is 0.224. The van der Waals surface area contributed by atoms with E-state index in [0.29, 0.717) is 11.7 Å². The molecule has 5 heteroatoms. The third-order valence-corrected chi connectivity index (χ3v) is 2.94. The lowest BCUT2D eigenvalue weighted by atomic mass is 9.97. The van der Waals surface area contributed by atoms with Gasteiger partial charge in [0.25, 0.3) is 0 Å². The Balaban J connectivity index is 2.62. The van der Waals surface area contributed by atoms with Gasteiger partial charge in [-0.1, -0.05) is 5.16 Å². The molecule has 0 aliphatic heterocycles. The van der Waals surface area contributed by atoms with Crippen LogP contribution in [0.2, 0.25) is 0 Å². The molecule has 2 aromatic rings. The summed E-state index contributed by atoms with van der Waals surface area (Å²) in [5.41, 5.74) is 9.01. The van der Waals surface area contributed by atoms with Gasteiger partial charge in [0.15, 0.2) is 0 Å². The van der Waals surface area contributed by atoms with E-state index in [1.54, 1.807) is 6.07 Å². The average Bonchev–Trinajstić information content (AvgIpc) is 2.74. The SMILES string of the molecule is Cc1cc(O)c(C)c(C)c1-c1noc(CN)n1. The third kappa shape index (κ3) is 1.89. The van der Waals surface area contributed by atoms with Gasteiger partial charge in [0.05, 0.1) is 6.54 Å². The van der Waals surface area contributed by atoms with Crippen molar-refractivity contribution in [2.75, 3.05) is 0 Å². The van der Waals surface area contributed by atoms with Gasteiger partial charge in [-0.05, 0) is 43.5 Å². The van der Waals surface area contributed by atoms with Crippen molar-refractivity contribution in [3.8, 4) is 17.1 Å². The summed E-state index contributed by atoms with van der Waals surface area (Å²) in [6, 6.07) is 1.70. The number of aryl methyl sites for hydroxylation is 1. The molecule has 17 heavy (non-hydrogen) atoms. The topological polar surface area (TPSA) is 85.2 Å². The molecule has 5 nitrogen and oxygen atoms in total. The van der Waals surface area contributed by atoms with Crippen LogP contribution in [0.25, 0.3) is 11.4 Å². The number of aromatic nitrogens is 2.